The SMILES string of the molecule is O=C(COc1ccccc1)N1C[C@@H](CO)[C@H](c2nc(C3CC3)no2)C1. The molecule has 132 valence electrons. The van der Waals surface area contributed by atoms with Gasteiger partial charge in [-0.1, -0.05) is 23.4 Å². The molecule has 1 aromatic heterocycles. The van der Waals surface area contributed by atoms with Crippen LogP contribution in [-0.4, -0.2) is 52.4 Å². The van der Waals surface area contributed by atoms with E-state index in [1.165, 1.54) is 0 Å². The highest BCUT2D eigenvalue weighted by atomic mass is 16.5. The lowest BCUT2D eigenvalue weighted by molar-refractivity contribution is -0.132. The molecule has 25 heavy (non-hydrogen) atoms. The van der Waals surface area contributed by atoms with Gasteiger partial charge in [0.25, 0.3) is 5.91 Å². The maximum Gasteiger partial charge on any atom is 0.260 e. The molecule has 1 aliphatic carbocycles. The zero-order valence-electron chi connectivity index (χ0n) is 13.9. The first kappa shape index (κ1) is 16.1. The fraction of sp³-hybridized carbons (Fsp3) is 0.500. The summed E-state index contributed by atoms with van der Waals surface area (Å²) < 4.78 is 10.9. The van der Waals surface area contributed by atoms with Gasteiger partial charge in [-0.2, -0.15) is 4.98 Å². The van der Waals surface area contributed by atoms with Crippen LogP contribution in [0.1, 0.15) is 36.4 Å². The number of amides is 1. The highest BCUT2D eigenvalue weighted by Crippen LogP contribution is 2.39. The number of aromatic nitrogens is 2. The molecular weight excluding hydrogens is 322 g/mol. The van der Waals surface area contributed by atoms with E-state index in [1.54, 1.807) is 4.90 Å². The van der Waals surface area contributed by atoms with Gasteiger partial charge in [0.1, 0.15) is 5.75 Å². The molecule has 0 unspecified atom stereocenters. The van der Waals surface area contributed by atoms with Crippen LogP contribution in [0.25, 0.3) is 0 Å². The van der Waals surface area contributed by atoms with Crippen molar-refractivity contribution in [2.45, 2.75) is 24.7 Å². The maximum absolute atomic E-state index is 12.4. The monoisotopic (exact) mass is 343 g/mol. The number of rotatable bonds is 6. The summed E-state index contributed by atoms with van der Waals surface area (Å²) >= 11 is 0. The normalized spacial score (nSPS) is 23.0. The molecule has 7 nitrogen and oxygen atoms in total. The Bertz CT molecular complexity index is 729. The van der Waals surface area contributed by atoms with Crippen molar-refractivity contribution in [3.05, 3.63) is 42.0 Å². The van der Waals surface area contributed by atoms with Gasteiger partial charge < -0.3 is 19.3 Å². The van der Waals surface area contributed by atoms with Gasteiger partial charge in [0.15, 0.2) is 12.4 Å². The molecule has 2 atom stereocenters. The van der Waals surface area contributed by atoms with Crippen LogP contribution in [0.15, 0.2) is 34.9 Å². The zero-order valence-corrected chi connectivity index (χ0v) is 13.9. The fourth-order valence-electron chi connectivity index (χ4n) is 3.20. The summed E-state index contributed by atoms with van der Waals surface area (Å²) in [7, 11) is 0. The number of carbonyl (C=O) groups is 1. The molecule has 2 aliphatic rings. The van der Waals surface area contributed by atoms with Crippen LogP contribution in [0.3, 0.4) is 0 Å². The second kappa shape index (κ2) is 6.84. The first-order chi connectivity index (χ1) is 12.2. The number of ether oxygens (including phenoxy) is 1. The summed E-state index contributed by atoms with van der Waals surface area (Å²) in [5.74, 6) is 2.05. The van der Waals surface area contributed by atoms with Crippen LogP contribution in [0.5, 0.6) is 5.75 Å². The number of aliphatic hydroxyl groups excluding tert-OH is 1. The van der Waals surface area contributed by atoms with Gasteiger partial charge in [0.05, 0.1) is 5.92 Å². The van der Waals surface area contributed by atoms with E-state index in [-0.39, 0.29) is 31.0 Å². The Morgan fingerprint density at radius 3 is 2.80 bits per heavy atom. The number of likely N-dealkylation sites (tertiary alicyclic amines) is 1. The highest BCUT2D eigenvalue weighted by molar-refractivity contribution is 5.78. The molecule has 1 N–H and O–H groups in total. The molecule has 1 amide bonds. The van der Waals surface area contributed by atoms with E-state index in [0.29, 0.717) is 30.6 Å². The lowest BCUT2D eigenvalue weighted by Crippen LogP contribution is -2.33. The van der Waals surface area contributed by atoms with Crippen molar-refractivity contribution in [1.82, 2.24) is 15.0 Å². The quantitative estimate of drug-likeness (QED) is 0.856. The number of carbonyl (C=O) groups excluding carboxylic acids is 1. The van der Waals surface area contributed by atoms with Gasteiger partial charge in [-0.3, -0.25) is 4.79 Å². The maximum atomic E-state index is 12.4. The standard InChI is InChI=1S/C18H21N3O4/c22-10-13-8-21(16(23)11-24-14-4-2-1-3-5-14)9-15(13)18-19-17(20-25-18)12-6-7-12/h1-5,12-13,15,22H,6-11H2/t13-,15+/m0/s1. The molecule has 2 aromatic rings. The van der Waals surface area contributed by atoms with Gasteiger partial charge in [-0.05, 0) is 25.0 Å². The average Bonchev–Trinajstić information content (AvgIpc) is 3.22. The second-order valence-corrected chi connectivity index (χ2v) is 6.71. The van der Waals surface area contributed by atoms with E-state index in [1.807, 2.05) is 30.3 Å². The van der Waals surface area contributed by atoms with Crippen molar-refractivity contribution in [1.29, 1.82) is 0 Å². The molecule has 1 aromatic carbocycles. The summed E-state index contributed by atoms with van der Waals surface area (Å²) in [6.07, 6.45) is 2.21. The van der Waals surface area contributed by atoms with Gasteiger partial charge in [-0.25, -0.2) is 0 Å². The van der Waals surface area contributed by atoms with E-state index in [0.717, 1.165) is 18.7 Å². The molecule has 7 heteroatoms. The number of hydrogen-bond acceptors (Lipinski definition) is 6. The van der Waals surface area contributed by atoms with Gasteiger partial charge in [0, 0.05) is 31.5 Å². The Balaban J connectivity index is 1.38. The van der Waals surface area contributed by atoms with E-state index < -0.39 is 0 Å². The third-order valence-electron chi connectivity index (χ3n) is 4.85. The molecule has 0 spiro atoms. The average molecular weight is 343 g/mol. The molecular formula is C18H21N3O4. The van der Waals surface area contributed by atoms with Crippen LogP contribution < -0.4 is 4.74 Å². The predicted molar refractivity (Wildman–Crippen MR) is 88.1 cm³/mol. The smallest absolute Gasteiger partial charge is 0.260 e. The largest absolute Gasteiger partial charge is 0.484 e. The molecule has 1 aliphatic heterocycles. The molecule has 2 fully saturated rings. The number of hydrogen-bond donors (Lipinski definition) is 1. The van der Waals surface area contributed by atoms with Crippen LogP contribution in [0, 0.1) is 5.92 Å². The molecule has 1 saturated heterocycles. The number of aliphatic hydroxyl groups is 1. The van der Waals surface area contributed by atoms with Gasteiger partial charge >= 0.3 is 0 Å². The summed E-state index contributed by atoms with van der Waals surface area (Å²) in [5.41, 5.74) is 0. The van der Waals surface area contributed by atoms with Crippen LogP contribution in [0.2, 0.25) is 0 Å². The van der Waals surface area contributed by atoms with Gasteiger partial charge in [-0.15, -0.1) is 0 Å². The third kappa shape index (κ3) is 3.51. The van der Waals surface area contributed by atoms with Crippen LogP contribution in [-0.2, 0) is 4.79 Å². The first-order valence-corrected chi connectivity index (χ1v) is 8.64. The Kier molecular flexibility index (Phi) is 4.40. The number of nitrogens with zero attached hydrogens (tertiary/aromatic N) is 3. The van der Waals surface area contributed by atoms with E-state index in [9.17, 15) is 9.90 Å². The first-order valence-electron chi connectivity index (χ1n) is 8.64. The summed E-state index contributed by atoms with van der Waals surface area (Å²) in [6, 6.07) is 9.25. The second-order valence-electron chi connectivity index (χ2n) is 6.71. The number of para-hydroxylation sites is 1. The van der Waals surface area contributed by atoms with E-state index >= 15 is 0 Å². The van der Waals surface area contributed by atoms with Crippen LogP contribution >= 0.6 is 0 Å². The predicted octanol–water partition coefficient (Wildman–Crippen LogP) is 1.56. The Labute approximate surface area is 145 Å². The molecule has 1 saturated carbocycles. The topological polar surface area (TPSA) is 88.7 Å². The van der Waals surface area contributed by atoms with Crippen molar-refractivity contribution in [2.24, 2.45) is 5.92 Å². The van der Waals surface area contributed by atoms with Crippen molar-refractivity contribution in [3.63, 3.8) is 0 Å². The molecule has 0 radical (unpaired) electrons. The lowest BCUT2D eigenvalue weighted by atomic mass is 9.97. The van der Waals surface area contributed by atoms with Crippen LogP contribution in [0.4, 0.5) is 0 Å². The minimum atomic E-state index is -0.120. The van der Waals surface area contributed by atoms with E-state index in [4.69, 9.17) is 9.26 Å². The summed E-state index contributed by atoms with van der Waals surface area (Å²) in [5, 5.41) is 13.7. The Morgan fingerprint density at radius 1 is 1.28 bits per heavy atom. The molecule has 4 rings (SSSR count). The van der Waals surface area contributed by atoms with Gasteiger partial charge in [0.2, 0.25) is 5.89 Å². The number of benzene rings is 1. The van der Waals surface area contributed by atoms with Crippen molar-refractivity contribution in [2.75, 3.05) is 26.3 Å². The van der Waals surface area contributed by atoms with Crippen molar-refractivity contribution < 1.29 is 19.2 Å². The Morgan fingerprint density at radius 2 is 2.08 bits per heavy atom. The van der Waals surface area contributed by atoms with Crippen molar-refractivity contribution >= 4 is 5.91 Å². The van der Waals surface area contributed by atoms with Crippen molar-refractivity contribution in [3.8, 4) is 5.75 Å². The minimum Gasteiger partial charge on any atom is -0.484 e. The third-order valence-corrected chi connectivity index (χ3v) is 4.85. The molecule has 0 bridgehead atoms. The zero-order chi connectivity index (χ0) is 17.2. The lowest BCUT2D eigenvalue weighted by Gasteiger charge is -2.16. The molecule has 2 heterocycles. The Hall–Kier alpha value is -2.41. The fourth-order valence-corrected chi connectivity index (χ4v) is 3.20. The van der Waals surface area contributed by atoms with E-state index in [2.05, 4.69) is 10.1 Å². The highest BCUT2D eigenvalue weighted by Gasteiger charge is 2.40. The summed E-state index contributed by atoms with van der Waals surface area (Å²) in [4.78, 5) is 18.6. The minimum absolute atomic E-state index is 0.0187. The summed E-state index contributed by atoms with van der Waals surface area (Å²) in [6.45, 7) is 0.898.